The zero-order chi connectivity index (χ0) is 20.8. The summed E-state index contributed by atoms with van der Waals surface area (Å²) in [6.07, 6.45) is 4.54. The van der Waals surface area contributed by atoms with Gasteiger partial charge in [-0.3, -0.25) is 15.0 Å². The highest BCUT2D eigenvalue weighted by Gasteiger charge is 2.50. The third kappa shape index (κ3) is 3.18. The summed E-state index contributed by atoms with van der Waals surface area (Å²) < 4.78 is 27.3. The van der Waals surface area contributed by atoms with E-state index in [2.05, 4.69) is 15.1 Å². The molecule has 10 nitrogen and oxygen atoms in total. The Morgan fingerprint density at radius 1 is 1.24 bits per heavy atom. The number of carbonyl (C=O) groups is 3. The highest BCUT2D eigenvalue weighted by Crippen LogP contribution is 2.28. The molecule has 4 rings (SSSR count). The molecule has 0 aliphatic carbocycles. The Balaban J connectivity index is 1.60. The summed E-state index contributed by atoms with van der Waals surface area (Å²) in [5.74, 6) is -1.70. The molecule has 150 valence electrons. The average molecular weight is 415 g/mol. The third-order valence-electron chi connectivity index (χ3n) is 4.86. The van der Waals surface area contributed by atoms with E-state index in [0.29, 0.717) is 10.6 Å². The molecule has 1 aromatic rings. The van der Waals surface area contributed by atoms with Crippen molar-refractivity contribution in [1.82, 2.24) is 20.7 Å². The molecule has 0 aromatic heterocycles. The van der Waals surface area contributed by atoms with Crippen LogP contribution < -0.4 is 10.7 Å². The number of amidine groups is 1. The van der Waals surface area contributed by atoms with E-state index in [1.807, 2.05) is 0 Å². The van der Waals surface area contributed by atoms with E-state index >= 15 is 0 Å². The number of amides is 4. The number of nitrogens with one attached hydrogen (secondary N) is 2. The Kier molecular flexibility index (Phi) is 4.26. The standard InChI is InChI=1S/C18H17N5O5S/c1-18(12-6-3-2-4-7-12)16(25)23(17(26)19-18)20-15(24)13-8-5-9-22-10-11-29(27,28)21-14(13)22/h2-9H,10-11H2,1H3,(H,19,26)(H,20,24)/t18-/m1/s1. The van der Waals surface area contributed by atoms with Crippen molar-refractivity contribution in [2.75, 3.05) is 12.3 Å². The molecule has 3 aliphatic rings. The molecule has 0 bridgehead atoms. The average Bonchev–Trinajstić information content (AvgIpc) is 2.91. The van der Waals surface area contributed by atoms with Gasteiger partial charge < -0.3 is 10.2 Å². The van der Waals surface area contributed by atoms with E-state index in [1.54, 1.807) is 42.6 Å². The van der Waals surface area contributed by atoms with Gasteiger partial charge in [-0.15, -0.1) is 4.40 Å². The summed E-state index contributed by atoms with van der Waals surface area (Å²) in [4.78, 5) is 39.6. The van der Waals surface area contributed by atoms with Crippen molar-refractivity contribution in [3.63, 3.8) is 0 Å². The zero-order valence-electron chi connectivity index (χ0n) is 15.3. The first-order chi connectivity index (χ1) is 13.7. The van der Waals surface area contributed by atoms with Crippen LogP contribution >= 0.6 is 0 Å². The lowest BCUT2D eigenvalue weighted by Gasteiger charge is -2.29. The van der Waals surface area contributed by atoms with Gasteiger partial charge >= 0.3 is 6.03 Å². The van der Waals surface area contributed by atoms with Crippen LogP contribution in [0, 0.1) is 0 Å². The van der Waals surface area contributed by atoms with Gasteiger partial charge in [-0.05, 0) is 24.6 Å². The molecule has 3 aliphatic heterocycles. The molecule has 3 heterocycles. The number of rotatable bonds is 3. The second-order valence-corrected chi connectivity index (χ2v) is 8.57. The number of benzene rings is 1. The Hall–Kier alpha value is -3.47. The second-order valence-electron chi connectivity index (χ2n) is 6.82. The Morgan fingerprint density at radius 3 is 2.69 bits per heavy atom. The fourth-order valence-electron chi connectivity index (χ4n) is 3.26. The molecule has 0 spiro atoms. The first kappa shape index (κ1) is 18.9. The Labute approximate surface area is 166 Å². The van der Waals surface area contributed by atoms with Crippen LogP contribution in [0.5, 0.6) is 0 Å². The normalized spacial score (nSPS) is 25.1. The molecule has 0 unspecified atom stereocenters. The highest BCUT2D eigenvalue weighted by atomic mass is 32.2. The molecule has 1 saturated heterocycles. The van der Waals surface area contributed by atoms with E-state index in [0.717, 1.165) is 0 Å². The minimum atomic E-state index is -3.69. The number of sulfonamides is 1. The van der Waals surface area contributed by atoms with E-state index < -0.39 is 33.4 Å². The Morgan fingerprint density at radius 2 is 1.97 bits per heavy atom. The summed E-state index contributed by atoms with van der Waals surface area (Å²) in [7, 11) is -3.69. The summed E-state index contributed by atoms with van der Waals surface area (Å²) in [6, 6.07) is 7.83. The monoisotopic (exact) mass is 415 g/mol. The van der Waals surface area contributed by atoms with Crippen LogP contribution in [0.25, 0.3) is 0 Å². The van der Waals surface area contributed by atoms with Gasteiger partial charge in [-0.25, -0.2) is 13.2 Å². The van der Waals surface area contributed by atoms with Crippen LogP contribution in [-0.2, 0) is 25.2 Å². The van der Waals surface area contributed by atoms with Crippen molar-refractivity contribution in [3.8, 4) is 0 Å². The lowest BCUT2D eigenvalue weighted by molar-refractivity contribution is -0.137. The molecule has 1 aromatic carbocycles. The lowest BCUT2D eigenvalue weighted by Crippen LogP contribution is -2.50. The summed E-state index contributed by atoms with van der Waals surface area (Å²) in [5, 5.41) is 3.17. The molecule has 11 heteroatoms. The largest absolute Gasteiger partial charge is 0.344 e. The maximum Gasteiger partial charge on any atom is 0.344 e. The first-order valence-electron chi connectivity index (χ1n) is 8.73. The molecular formula is C18H17N5O5S. The molecular weight excluding hydrogens is 398 g/mol. The first-order valence-corrected chi connectivity index (χ1v) is 10.3. The third-order valence-corrected chi connectivity index (χ3v) is 6.01. The number of nitrogens with zero attached hydrogens (tertiary/aromatic N) is 3. The Bertz CT molecular complexity index is 1110. The summed E-state index contributed by atoms with van der Waals surface area (Å²) in [5.41, 5.74) is 1.41. The topological polar surface area (TPSA) is 128 Å². The van der Waals surface area contributed by atoms with E-state index in [9.17, 15) is 22.8 Å². The predicted molar refractivity (Wildman–Crippen MR) is 102 cm³/mol. The van der Waals surface area contributed by atoms with Crippen LogP contribution in [0.3, 0.4) is 0 Å². The van der Waals surface area contributed by atoms with Crippen molar-refractivity contribution in [2.45, 2.75) is 12.5 Å². The van der Waals surface area contributed by atoms with Crippen molar-refractivity contribution < 1.29 is 22.8 Å². The predicted octanol–water partition coefficient (Wildman–Crippen LogP) is -0.0176. The lowest BCUT2D eigenvalue weighted by atomic mass is 9.92. The van der Waals surface area contributed by atoms with Gasteiger partial charge in [0.2, 0.25) is 0 Å². The number of hydrogen-bond donors (Lipinski definition) is 2. The van der Waals surface area contributed by atoms with Crippen LogP contribution in [-0.4, -0.2) is 54.3 Å². The summed E-state index contributed by atoms with van der Waals surface area (Å²) in [6.45, 7) is 1.69. The molecule has 0 saturated carbocycles. The van der Waals surface area contributed by atoms with Gasteiger partial charge in [0.15, 0.2) is 5.84 Å². The van der Waals surface area contributed by atoms with Gasteiger partial charge in [0.1, 0.15) is 5.54 Å². The van der Waals surface area contributed by atoms with E-state index in [-0.39, 0.29) is 23.7 Å². The number of hydrogen-bond acceptors (Lipinski definition) is 6. The molecule has 4 amide bonds. The minimum absolute atomic E-state index is 0.0471. The highest BCUT2D eigenvalue weighted by molar-refractivity contribution is 7.90. The maximum atomic E-state index is 12.9. The van der Waals surface area contributed by atoms with Crippen molar-refractivity contribution >= 4 is 33.7 Å². The van der Waals surface area contributed by atoms with Gasteiger partial charge in [-0.2, -0.15) is 5.01 Å². The van der Waals surface area contributed by atoms with Crippen LogP contribution in [0.2, 0.25) is 0 Å². The minimum Gasteiger partial charge on any atom is -0.331 e. The fraction of sp³-hybridized carbons (Fsp3) is 0.222. The fourth-order valence-corrected chi connectivity index (χ4v) is 4.25. The van der Waals surface area contributed by atoms with Crippen molar-refractivity contribution in [1.29, 1.82) is 0 Å². The van der Waals surface area contributed by atoms with Gasteiger partial charge in [0, 0.05) is 12.7 Å². The SMILES string of the molecule is C[C@]1(c2ccccc2)NC(=O)N(NC(=O)C2=CC=CN3CCS(=O)(=O)N=C23)C1=O. The van der Waals surface area contributed by atoms with Gasteiger partial charge in [0.25, 0.3) is 21.8 Å². The number of urea groups is 1. The number of hydrazine groups is 1. The molecule has 0 radical (unpaired) electrons. The number of carbonyl (C=O) groups excluding carboxylic acids is 3. The van der Waals surface area contributed by atoms with E-state index in [4.69, 9.17) is 0 Å². The van der Waals surface area contributed by atoms with Crippen LogP contribution in [0.1, 0.15) is 12.5 Å². The summed E-state index contributed by atoms with van der Waals surface area (Å²) >= 11 is 0. The van der Waals surface area contributed by atoms with E-state index in [1.165, 1.54) is 17.9 Å². The van der Waals surface area contributed by atoms with Gasteiger partial charge in [-0.1, -0.05) is 30.3 Å². The quantitative estimate of drug-likeness (QED) is 0.668. The van der Waals surface area contributed by atoms with Crippen LogP contribution in [0.15, 0.2) is 58.7 Å². The van der Waals surface area contributed by atoms with Crippen molar-refractivity contribution in [2.24, 2.45) is 4.40 Å². The molecule has 2 N–H and O–H groups in total. The van der Waals surface area contributed by atoms with Crippen molar-refractivity contribution in [3.05, 3.63) is 59.8 Å². The molecule has 1 atom stereocenters. The number of allylic oxidation sites excluding steroid dienone is 2. The molecule has 1 fully saturated rings. The van der Waals surface area contributed by atoms with Crippen LogP contribution in [0.4, 0.5) is 4.79 Å². The zero-order valence-corrected chi connectivity index (χ0v) is 16.1. The number of fused-ring (bicyclic) bond motifs is 1. The van der Waals surface area contributed by atoms with Gasteiger partial charge in [0.05, 0.1) is 11.3 Å². The maximum absolute atomic E-state index is 12.9. The molecule has 29 heavy (non-hydrogen) atoms. The number of imide groups is 1. The second kappa shape index (κ2) is 6.55. The smallest absolute Gasteiger partial charge is 0.331 e.